The molecule has 3 heterocycles. The molecular weight excluding hydrogens is 425 g/mol. The van der Waals surface area contributed by atoms with Crippen LogP contribution in [0.25, 0.3) is 0 Å². The van der Waals surface area contributed by atoms with E-state index in [9.17, 15) is 14.4 Å². The van der Waals surface area contributed by atoms with Crippen molar-refractivity contribution in [3.63, 3.8) is 0 Å². The van der Waals surface area contributed by atoms with Crippen molar-refractivity contribution in [1.29, 1.82) is 0 Å². The predicted molar refractivity (Wildman–Crippen MR) is 121 cm³/mol. The minimum atomic E-state index is -1.55. The number of urea groups is 1. The van der Waals surface area contributed by atoms with Gasteiger partial charge in [-0.25, -0.2) is 14.1 Å². The molecule has 3 aliphatic heterocycles. The van der Waals surface area contributed by atoms with Crippen molar-refractivity contribution in [3.05, 3.63) is 53.8 Å². The fourth-order valence-electron chi connectivity index (χ4n) is 6.04. The number of nitrogens with one attached hydrogen (secondary N) is 1. The zero-order chi connectivity index (χ0) is 23.5. The molecule has 4 atom stereocenters. The minimum Gasteiger partial charge on any atom is -0.497 e. The van der Waals surface area contributed by atoms with Crippen LogP contribution in [-0.2, 0) is 16.0 Å². The maximum Gasteiger partial charge on any atom is 0.335 e. The highest BCUT2D eigenvalue weighted by molar-refractivity contribution is 6.30. The molecule has 0 unspecified atom stereocenters. The van der Waals surface area contributed by atoms with Gasteiger partial charge in [0, 0.05) is 6.54 Å². The Hall–Kier alpha value is -3.42. The first-order chi connectivity index (χ1) is 15.8. The van der Waals surface area contributed by atoms with Crippen molar-refractivity contribution >= 4 is 29.2 Å². The number of barbiturate groups is 1. The number of amides is 4. The normalized spacial score (nSPS) is 29.0. The molecule has 1 spiro atoms. The van der Waals surface area contributed by atoms with E-state index in [1.165, 1.54) is 13.2 Å². The van der Waals surface area contributed by atoms with E-state index in [2.05, 4.69) is 12.2 Å². The first kappa shape index (κ1) is 21.4. The molecule has 2 aromatic rings. The number of carbonyl (C=O) groups is 3. The lowest BCUT2D eigenvalue weighted by Crippen LogP contribution is -2.74. The molecule has 8 heteroatoms. The molecule has 3 aliphatic rings. The van der Waals surface area contributed by atoms with Crippen LogP contribution in [0.4, 0.5) is 20.6 Å². The van der Waals surface area contributed by atoms with Crippen molar-refractivity contribution in [3.8, 4) is 5.75 Å². The summed E-state index contributed by atoms with van der Waals surface area (Å²) in [5.41, 5.74) is -0.146. The lowest BCUT2D eigenvalue weighted by Gasteiger charge is -2.56. The first-order valence-corrected chi connectivity index (χ1v) is 11.2. The molecule has 5 rings (SSSR count). The Labute approximate surface area is 191 Å². The monoisotopic (exact) mass is 451 g/mol. The number of hydrogen-bond acceptors (Lipinski definition) is 5. The van der Waals surface area contributed by atoms with Crippen LogP contribution in [0.1, 0.15) is 25.8 Å². The molecule has 0 aliphatic carbocycles. The zero-order valence-electron chi connectivity index (χ0n) is 18.8. The summed E-state index contributed by atoms with van der Waals surface area (Å²) in [7, 11) is 1.53. The Bertz CT molecular complexity index is 1150. The third kappa shape index (κ3) is 3.03. The number of imide groups is 2. The number of nitrogens with zero attached hydrogens (tertiary/aromatic N) is 2. The molecule has 33 heavy (non-hydrogen) atoms. The van der Waals surface area contributed by atoms with Gasteiger partial charge >= 0.3 is 6.03 Å². The third-order valence-electron chi connectivity index (χ3n) is 7.23. The quantitative estimate of drug-likeness (QED) is 0.707. The number of piperidine rings is 1. The van der Waals surface area contributed by atoms with Crippen LogP contribution in [0.2, 0.25) is 0 Å². The Morgan fingerprint density at radius 2 is 1.82 bits per heavy atom. The van der Waals surface area contributed by atoms with E-state index < -0.39 is 29.3 Å². The summed E-state index contributed by atoms with van der Waals surface area (Å²) in [6.07, 6.45) is 0.828. The number of carbonyl (C=O) groups excluding carboxylic acids is 3. The second-order valence-corrected chi connectivity index (χ2v) is 9.41. The number of para-hydroxylation sites is 1. The molecule has 0 aromatic heterocycles. The molecule has 1 N–H and O–H groups in total. The highest BCUT2D eigenvalue weighted by Crippen LogP contribution is 2.51. The Morgan fingerprint density at radius 1 is 1.09 bits per heavy atom. The molecule has 0 saturated carbocycles. The largest absolute Gasteiger partial charge is 0.497 e. The number of rotatable bonds is 2. The topological polar surface area (TPSA) is 79.0 Å². The molecule has 172 valence electrons. The van der Waals surface area contributed by atoms with E-state index in [0.717, 1.165) is 11.3 Å². The highest BCUT2D eigenvalue weighted by atomic mass is 19.1. The molecular formula is C25H26FN3O4. The molecule has 4 amide bonds. The summed E-state index contributed by atoms with van der Waals surface area (Å²) < 4.78 is 20.2. The molecule has 7 nitrogen and oxygen atoms in total. The van der Waals surface area contributed by atoms with E-state index >= 15 is 4.39 Å². The van der Waals surface area contributed by atoms with Crippen LogP contribution in [0.15, 0.2) is 42.5 Å². The van der Waals surface area contributed by atoms with Crippen LogP contribution < -0.4 is 19.9 Å². The van der Waals surface area contributed by atoms with E-state index in [4.69, 9.17) is 4.74 Å². The third-order valence-corrected chi connectivity index (χ3v) is 7.23. The van der Waals surface area contributed by atoms with Gasteiger partial charge in [-0.05, 0) is 60.6 Å². The molecule has 2 fully saturated rings. The first-order valence-electron chi connectivity index (χ1n) is 11.2. The van der Waals surface area contributed by atoms with Crippen LogP contribution >= 0.6 is 0 Å². The minimum absolute atomic E-state index is 0.0323. The van der Waals surface area contributed by atoms with E-state index in [1.807, 2.05) is 11.8 Å². The zero-order valence-corrected chi connectivity index (χ0v) is 18.8. The van der Waals surface area contributed by atoms with E-state index in [-0.39, 0.29) is 24.1 Å². The second-order valence-electron chi connectivity index (χ2n) is 9.41. The fourth-order valence-corrected chi connectivity index (χ4v) is 6.04. The van der Waals surface area contributed by atoms with Gasteiger partial charge in [-0.2, -0.15) is 0 Å². The van der Waals surface area contributed by atoms with Crippen molar-refractivity contribution in [2.45, 2.75) is 32.7 Å². The van der Waals surface area contributed by atoms with Crippen LogP contribution in [0.5, 0.6) is 5.75 Å². The van der Waals surface area contributed by atoms with Gasteiger partial charge in [-0.1, -0.05) is 26.0 Å². The number of anilines is 2. The molecule has 0 radical (unpaired) electrons. The maximum absolute atomic E-state index is 15.0. The van der Waals surface area contributed by atoms with Gasteiger partial charge in [0.25, 0.3) is 5.91 Å². The summed E-state index contributed by atoms with van der Waals surface area (Å²) in [6, 6.07) is 9.94. The van der Waals surface area contributed by atoms with Gasteiger partial charge in [0.05, 0.1) is 24.5 Å². The van der Waals surface area contributed by atoms with Gasteiger partial charge in [-0.15, -0.1) is 0 Å². The van der Waals surface area contributed by atoms with Crippen molar-refractivity contribution in [1.82, 2.24) is 5.32 Å². The van der Waals surface area contributed by atoms with Gasteiger partial charge in [0.1, 0.15) is 11.6 Å². The smallest absolute Gasteiger partial charge is 0.335 e. The van der Waals surface area contributed by atoms with Gasteiger partial charge < -0.3 is 9.64 Å². The fraction of sp³-hybridized carbons (Fsp3) is 0.400. The van der Waals surface area contributed by atoms with E-state index in [0.29, 0.717) is 29.2 Å². The molecule has 2 aromatic carbocycles. The summed E-state index contributed by atoms with van der Waals surface area (Å²) in [5, 5.41) is 2.43. The molecule has 2 saturated heterocycles. The standard InChI is InChI=1S/C25H26FN3O4/c1-14-11-15(2)21-25(12-16-5-4-6-19(26)20(16)28(21)13-14)22(30)27-24(32)29(23(25)31)17-7-9-18(33-3)10-8-17/h4-10,14-15,21H,11-13H2,1-3H3,(H,27,30,32)/t14-,15-,21-,25+/m1/s1. The number of methoxy groups -OCH3 is 1. The average molecular weight is 451 g/mol. The highest BCUT2D eigenvalue weighted by Gasteiger charge is 2.64. The van der Waals surface area contributed by atoms with Gasteiger partial charge in [0.2, 0.25) is 5.91 Å². The van der Waals surface area contributed by atoms with Crippen LogP contribution in [0.3, 0.4) is 0 Å². The Kier molecular flexibility index (Phi) is 4.92. The van der Waals surface area contributed by atoms with Gasteiger partial charge in [0.15, 0.2) is 5.41 Å². The number of ether oxygens (including phenoxy) is 1. The predicted octanol–water partition coefficient (Wildman–Crippen LogP) is 3.51. The Balaban J connectivity index is 1.68. The Morgan fingerprint density at radius 3 is 2.52 bits per heavy atom. The van der Waals surface area contributed by atoms with Crippen molar-refractivity contribution in [2.75, 3.05) is 23.5 Å². The summed E-state index contributed by atoms with van der Waals surface area (Å²) in [5.74, 6) is -0.777. The SMILES string of the molecule is COc1ccc(N2C(=O)NC(=O)[C@@]3(Cc4cccc(F)c4N4C[C@H](C)C[C@@H](C)[C@@H]43)C2=O)cc1. The number of halogens is 1. The summed E-state index contributed by atoms with van der Waals surface area (Å²) >= 11 is 0. The van der Waals surface area contributed by atoms with Gasteiger partial charge in [-0.3, -0.25) is 14.9 Å². The van der Waals surface area contributed by atoms with Crippen LogP contribution in [-0.4, -0.2) is 37.5 Å². The lowest BCUT2D eigenvalue weighted by atomic mass is 9.62. The number of benzene rings is 2. The second kappa shape index (κ2) is 7.57. The number of hydrogen-bond donors (Lipinski definition) is 1. The summed E-state index contributed by atoms with van der Waals surface area (Å²) in [6.45, 7) is 4.61. The number of fused-ring (bicyclic) bond motifs is 4. The van der Waals surface area contributed by atoms with Crippen molar-refractivity contribution < 1.29 is 23.5 Å². The average Bonchev–Trinajstić information content (AvgIpc) is 2.77. The summed E-state index contributed by atoms with van der Waals surface area (Å²) in [4.78, 5) is 43.5. The van der Waals surface area contributed by atoms with Crippen molar-refractivity contribution in [2.24, 2.45) is 17.3 Å². The van der Waals surface area contributed by atoms with Crippen LogP contribution in [0, 0.1) is 23.1 Å². The van der Waals surface area contributed by atoms with E-state index in [1.54, 1.807) is 36.4 Å². The maximum atomic E-state index is 15.0. The molecule has 0 bridgehead atoms. The lowest BCUT2D eigenvalue weighted by molar-refractivity contribution is -0.146.